The van der Waals surface area contributed by atoms with E-state index in [0.29, 0.717) is 6.54 Å². The highest BCUT2D eigenvalue weighted by atomic mass is 35.5. The summed E-state index contributed by atoms with van der Waals surface area (Å²) >= 11 is 6.02. The van der Waals surface area contributed by atoms with E-state index in [2.05, 4.69) is 18.2 Å². The highest BCUT2D eigenvalue weighted by Crippen LogP contribution is 2.32. The highest BCUT2D eigenvalue weighted by molar-refractivity contribution is 6.30. The zero-order valence-corrected chi connectivity index (χ0v) is 11.4. The van der Waals surface area contributed by atoms with E-state index in [1.807, 2.05) is 18.2 Å². The van der Waals surface area contributed by atoms with Crippen LogP contribution < -0.4 is 10.5 Å². The Bertz CT molecular complexity index is 610. The molecule has 0 saturated carbocycles. The zero-order chi connectivity index (χ0) is 13.2. The normalized spacial score (nSPS) is 13.8. The minimum Gasteiger partial charge on any atom is -0.493 e. The summed E-state index contributed by atoms with van der Waals surface area (Å²) < 4.78 is 5.64. The van der Waals surface area contributed by atoms with E-state index in [1.54, 1.807) is 0 Å². The average molecular weight is 274 g/mol. The van der Waals surface area contributed by atoms with E-state index in [4.69, 9.17) is 22.1 Å². The second kappa shape index (κ2) is 5.24. The summed E-state index contributed by atoms with van der Waals surface area (Å²) in [5.74, 6) is 1.01. The van der Waals surface area contributed by atoms with Crippen LogP contribution in [0.25, 0.3) is 11.1 Å². The van der Waals surface area contributed by atoms with Gasteiger partial charge in [0.15, 0.2) is 0 Å². The van der Waals surface area contributed by atoms with Crippen LogP contribution in [-0.2, 0) is 13.0 Å². The van der Waals surface area contributed by atoms with Crippen molar-refractivity contribution in [2.24, 2.45) is 5.73 Å². The van der Waals surface area contributed by atoms with Crippen LogP contribution in [0.15, 0.2) is 36.4 Å². The lowest BCUT2D eigenvalue weighted by molar-refractivity contribution is 0.288. The summed E-state index contributed by atoms with van der Waals surface area (Å²) in [4.78, 5) is 0. The van der Waals surface area contributed by atoms with Crippen molar-refractivity contribution in [1.82, 2.24) is 0 Å². The topological polar surface area (TPSA) is 35.2 Å². The van der Waals surface area contributed by atoms with E-state index in [-0.39, 0.29) is 0 Å². The second-order valence-electron chi connectivity index (χ2n) is 4.78. The standard InChI is InChI=1S/C16H16ClNO/c17-14-4-5-15(13(9-14)10-18)11-3-6-16-12(8-11)2-1-7-19-16/h3-6,8-9H,1-2,7,10,18H2. The molecule has 0 aliphatic carbocycles. The minimum absolute atomic E-state index is 0.490. The zero-order valence-electron chi connectivity index (χ0n) is 10.7. The third-order valence-electron chi connectivity index (χ3n) is 3.51. The van der Waals surface area contributed by atoms with Gasteiger partial charge in [0.05, 0.1) is 6.61 Å². The van der Waals surface area contributed by atoms with Crippen molar-refractivity contribution in [3.05, 3.63) is 52.5 Å². The maximum atomic E-state index is 6.02. The predicted molar refractivity (Wildman–Crippen MR) is 78.6 cm³/mol. The van der Waals surface area contributed by atoms with E-state index in [1.165, 1.54) is 11.1 Å². The van der Waals surface area contributed by atoms with Crippen molar-refractivity contribution in [3.8, 4) is 16.9 Å². The van der Waals surface area contributed by atoms with Crippen molar-refractivity contribution in [3.63, 3.8) is 0 Å². The molecule has 0 bridgehead atoms. The second-order valence-corrected chi connectivity index (χ2v) is 5.22. The van der Waals surface area contributed by atoms with Crippen molar-refractivity contribution < 1.29 is 4.74 Å². The van der Waals surface area contributed by atoms with Gasteiger partial charge in [0.25, 0.3) is 0 Å². The van der Waals surface area contributed by atoms with Gasteiger partial charge in [0.1, 0.15) is 5.75 Å². The Balaban J connectivity index is 2.07. The quantitative estimate of drug-likeness (QED) is 0.903. The van der Waals surface area contributed by atoms with E-state index in [0.717, 1.165) is 41.3 Å². The monoisotopic (exact) mass is 273 g/mol. The first kappa shape index (κ1) is 12.5. The molecular formula is C16H16ClNO. The van der Waals surface area contributed by atoms with Crippen LogP contribution in [0.5, 0.6) is 5.75 Å². The maximum absolute atomic E-state index is 6.02. The van der Waals surface area contributed by atoms with Crippen molar-refractivity contribution >= 4 is 11.6 Å². The largest absolute Gasteiger partial charge is 0.493 e. The van der Waals surface area contributed by atoms with Gasteiger partial charge in [-0.3, -0.25) is 0 Å². The molecule has 2 aromatic rings. The van der Waals surface area contributed by atoms with Crippen LogP contribution in [-0.4, -0.2) is 6.61 Å². The van der Waals surface area contributed by atoms with Gasteiger partial charge < -0.3 is 10.5 Å². The van der Waals surface area contributed by atoms with Crippen LogP contribution in [0.1, 0.15) is 17.5 Å². The highest BCUT2D eigenvalue weighted by Gasteiger charge is 2.12. The molecule has 0 radical (unpaired) electrons. The molecule has 0 unspecified atom stereocenters. The Morgan fingerprint density at radius 3 is 2.89 bits per heavy atom. The van der Waals surface area contributed by atoms with Gasteiger partial charge in [-0.25, -0.2) is 0 Å². The molecule has 3 rings (SSSR count). The molecular weight excluding hydrogens is 258 g/mol. The number of hydrogen-bond acceptors (Lipinski definition) is 2. The van der Waals surface area contributed by atoms with E-state index >= 15 is 0 Å². The molecule has 1 heterocycles. The third kappa shape index (κ3) is 2.46. The van der Waals surface area contributed by atoms with Gasteiger partial charge in [-0.1, -0.05) is 23.7 Å². The number of nitrogens with two attached hydrogens (primary N) is 1. The van der Waals surface area contributed by atoms with Gasteiger partial charge in [-0.2, -0.15) is 0 Å². The van der Waals surface area contributed by atoms with Crippen molar-refractivity contribution in [1.29, 1.82) is 0 Å². The molecule has 2 nitrogen and oxygen atoms in total. The Morgan fingerprint density at radius 1 is 1.16 bits per heavy atom. The molecule has 0 aromatic heterocycles. The van der Waals surface area contributed by atoms with E-state index < -0.39 is 0 Å². The lowest BCUT2D eigenvalue weighted by Crippen LogP contribution is -2.08. The molecule has 1 aliphatic rings. The summed E-state index contributed by atoms with van der Waals surface area (Å²) in [6.07, 6.45) is 2.16. The van der Waals surface area contributed by atoms with Crippen LogP contribution in [0.3, 0.4) is 0 Å². The van der Waals surface area contributed by atoms with Crippen molar-refractivity contribution in [2.75, 3.05) is 6.61 Å². The summed E-state index contributed by atoms with van der Waals surface area (Å²) in [7, 11) is 0. The number of benzene rings is 2. The summed E-state index contributed by atoms with van der Waals surface area (Å²) in [6, 6.07) is 12.2. The number of halogens is 1. The molecule has 19 heavy (non-hydrogen) atoms. The molecule has 2 aromatic carbocycles. The van der Waals surface area contributed by atoms with Gasteiger partial charge in [0, 0.05) is 11.6 Å². The third-order valence-corrected chi connectivity index (χ3v) is 3.74. The number of aryl methyl sites for hydroxylation is 1. The molecule has 0 spiro atoms. The summed E-state index contributed by atoms with van der Waals surface area (Å²) in [5.41, 5.74) is 10.5. The molecule has 0 fully saturated rings. The first-order chi connectivity index (χ1) is 9.28. The Morgan fingerprint density at radius 2 is 2.05 bits per heavy atom. The number of fused-ring (bicyclic) bond motifs is 1. The number of rotatable bonds is 2. The fourth-order valence-electron chi connectivity index (χ4n) is 2.54. The fraction of sp³-hybridized carbons (Fsp3) is 0.250. The van der Waals surface area contributed by atoms with E-state index in [9.17, 15) is 0 Å². The fourth-order valence-corrected chi connectivity index (χ4v) is 2.74. The minimum atomic E-state index is 0.490. The smallest absolute Gasteiger partial charge is 0.122 e. The van der Waals surface area contributed by atoms with Crippen molar-refractivity contribution in [2.45, 2.75) is 19.4 Å². The lowest BCUT2D eigenvalue weighted by atomic mass is 9.96. The van der Waals surface area contributed by atoms with Gasteiger partial charge in [-0.05, 0) is 59.4 Å². The van der Waals surface area contributed by atoms with Crippen LogP contribution in [0.2, 0.25) is 5.02 Å². The summed E-state index contributed by atoms with van der Waals surface area (Å²) in [5, 5.41) is 0.727. The molecule has 0 saturated heterocycles. The van der Waals surface area contributed by atoms with Crippen LogP contribution >= 0.6 is 11.6 Å². The first-order valence-electron chi connectivity index (χ1n) is 6.52. The molecule has 98 valence electrons. The SMILES string of the molecule is NCc1cc(Cl)ccc1-c1ccc2c(c1)CCCO2. The molecule has 1 aliphatic heterocycles. The molecule has 2 N–H and O–H groups in total. The Hall–Kier alpha value is -1.51. The van der Waals surface area contributed by atoms with Gasteiger partial charge >= 0.3 is 0 Å². The molecule has 3 heteroatoms. The van der Waals surface area contributed by atoms with Gasteiger partial charge in [0.2, 0.25) is 0 Å². The molecule has 0 atom stereocenters. The first-order valence-corrected chi connectivity index (χ1v) is 6.90. The summed E-state index contributed by atoms with van der Waals surface area (Å²) in [6.45, 7) is 1.31. The predicted octanol–water partition coefficient (Wildman–Crippen LogP) is 3.79. The van der Waals surface area contributed by atoms with Crippen LogP contribution in [0.4, 0.5) is 0 Å². The Labute approximate surface area is 118 Å². The molecule has 0 amide bonds. The number of ether oxygens (including phenoxy) is 1. The Kier molecular flexibility index (Phi) is 3.45. The van der Waals surface area contributed by atoms with Gasteiger partial charge in [-0.15, -0.1) is 0 Å². The number of hydrogen-bond donors (Lipinski definition) is 1. The maximum Gasteiger partial charge on any atom is 0.122 e. The lowest BCUT2D eigenvalue weighted by Gasteiger charge is -2.18. The van der Waals surface area contributed by atoms with Crippen LogP contribution in [0, 0.1) is 0 Å². The average Bonchev–Trinajstić information content (AvgIpc) is 2.46.